The number of aliphatic carboxylic acids is 1. The van der Waals surface area contributed by atoms with E-state index in [1.807, 2.05) is 6.92 Å². The Labute approximate surface area is 131 Å². The summed E-state index contributed by atoms with van der Waals surface area (Å²) in [4.78, 5) is 11.0. The molecule has 0 saturated heterocycles. The number of hydrogen-bond donors (Lipinski definition) is 1. The Morgan fingerprint density at radius 3 is 2.62 bits per heavy atom. The van der Waals surface area contributed by atoms with Crippen LogP contribution in [0, 0.1) is 0 Å². The number of hydrogen-bond acceptors (Lipinski definition) is 4. The van der Waals surface area contributed by atoms with Gasteiger partial charge in [-0.15, -0.1) is 5.10 Å². The molecule has 21 heavy (non-hydrogen) atoms. The molecular formula is C13H14Cl2N4O2. The molecule has 112 valence electrons. The quantitative estimate of drug-likeness (QED) is 0.878. The fraction of sp³-hybridized carbons (Fsp3) is 0.385. The molecule has 1 aromatic heterocycles. The summed E-state index contributed by atoms with van der Waals surface area (Å²) in [5.41, 5.74) is 0.511. The van der Waals surface area contributed by atoms with E-state index in [4.69, 9.17) is 28.3 Å². The van der Waals surface area contributed by atoms with Crippen molar-refractivity contribution in [1.29, 1.82) is 0 Å². The third-order valence-corrected chi connectivity index (χ3v) is 3.69. The minimum Gasteiger partial charge on any atom is -0.481 e. The van der Waals surface area contributed by atoms with Crippen LogP contribution in [0.15, 0.2) is 18.2 Å². The fourth-order valence-electron chi connectivity index (χ4n) is 2.16. The Kier molecular flexibility index (Phi) is 5.14. The predicted octanol–water partition coefficient (Wildman–Crippen LogP) is 3.46. The van der Waals surface area contributed by atoms with Crippen molar-refractivity contribution in [2.75, 3.05) is 0 Å². The highest BCUT2D eigenvalue weighted by Crippen LogP contribution is 2.34. The normalized spacial score (nSPS) is 12.3. The number of carboxylic acid groups (broad SMARTS) is 1. The van der Waals surface area contributed by atoms with E-state index < -0.39 is 5.97 Å². The van der Waals surface area contributed by atoms with E-state index in [9.17, 15) is 4.79 Å². The van der Waals surface area contributed by atoms with Crippen LogP contribution in [0.25, 0.3) is 11.4 Å². The van der Waals surface area contributed by atoms with Crippen molar-refractivity contribution in [2.45, 2.75) is 32.2 Å². The number of carboxylic acids is 1. The van der Waals surface area contributed by atoms with Crippen LogP contribution in [-0.2, 0) is 4.79 Å². The van der Waals surface area contributed by atoms with Gasteiger partial charge in [0.1, 0.15) is 0 Å². The lowest BCUT2D eigenvalue weighted by Gasteiger charge is -2.16. The average Bonchev–Trinajstić information content (AvgIpc) is 2.86. The predicted molar refractivity (Wildman–Crippen MR) is 79.5 cm³/mol. The van der Waals surface area contributed by atoms with E-state index in [2.05, 4.69) is 15.5 Å². The maximum atomic E-state index is 11.0. The number of rotatable bonds is 6. The zero-order valence-electron chi connectivity index (χ0n) is 11.3. The van der Waals surface area contributed by atoms with Crippen molar-refractivity contribution in [3.05, 3.63) is 28.2 Å². The summed E-state index contributed by atoms with van der Waals surface area (Å²) in [7, 11) is 0. The zero-order valence-corrected chi connectivity index (χ0v) is 12.8. The van der Waals surface area contributed by atoms with Gasteiger partial charge in [-0.1, -0.05) is 42.6 Å². The first-order valence-corrected chi connectivity index (χ1v) is 7.24. The number of aromatic nitrogens is 4. The second-order valence-corrected chi connectivity index (χ2v) is 5.40. The van der Waals surface area contributed by atoms with Gasteiger partial charge in [0.25, 0.3) is 0 Å². The van der Waals surface area contributed by atoms with Crippen LogP contribution in [-0.4, -0.2) is 31.3 Å². The zero-order chi connectivity index (χ0) is 15.4. The first-order valence-electron chi connectivity index (χ1n) is 6.48. The summed E-state index contributed by atoms with van der Waals surface area (Å²) in [5, 5.41) is 21.4. The van der Waals surface area contributed by atoms with Crippen LogP contribution in [0.3, 0.4) is 0 Å². The molecule has 1 unspecified atom stereocenters. The Hall–Kier alpha value is -1.66. The van der Waals surface area contributed by atoms with Crippen LogP contribution in [0.2, 0.25) is 10.0 Å². The van der Waals surface area contributed by atoms with Crippen LogP contribution < -0.4 is 0 Å². The number of tetrazole rings is 1. The molecule has 1 aromatic carbocycles. The van der Waals surface area contributed by atoms with Crippen molar-refractivity contribution >= 4 is 29.2 Å². The first kappa shape index (κ1) is 15.7. The van der Waals surface area contributed by atoms with Gasteiger partial charge in [0.2, 0.25) is 0 Å². The molecule has 0 saturated carbocycles. The molecular weight excluding hydrogens is 315 g/mol. The number of nitrogens with zero attached hydrogens (tertiary/aromatic N) is 4. The second kappa shape index (κ2) is 6.87. The Balaban J connectivity index is 2.48. The van der Waals surface area contributed by atoms with Crippen LogP contribution in [0.1, 0.15) is 32.2 Å². The lowest BCUT2D eigenvalue weighted by atomic mass is 10.1. The molecule has 0 aliphatic carbocycles. The van der Waals surface area contributed by atoms with Crippen LogP contribution >= 0.6 is 23.2 Å². The van der Waals surface area contributed by atoms with Gasteiger partial charge in [-0.2, -0.15) is 0 Å². The molecule has 0 amide bonds. The molecule has 0 aliphatic heterocycles. The summed E-state index contributed by atoms with van der Waals surface area (Å²) >= 11 is 12.3. The topological polar surface area (TPSA) is 80.9 Å². The maximum Gasteiger partial charge on any atom is 0.305 e. The Morgan fingerprint density at radius 1 is 1.38 bits per heavy atom. The highest BCUT2D eigenvalue weighted by Gasteiger charge is 2.23. The summed E-state index contributed by atoms with van der Waals surface area (Å²) in [5.74, 6) is -0.523. The summed E-state index contributed by atoms with van der Waals surface area (Å²) in [6.45, 7) is 1.97. The molecule has 1 heterocycles. The largest absolute Gasteiger partial charge is 0.481 e. The van der Waals surface area contributed by atoms with Crippen molar-refractivity contribution < 1.29 is 9.90 Å². The van der Waals surface area contributed by atoms with Crippen molar-refractivity contribution in [3.63, 3.8) is 0 Å². The average molecular weight is 329 g/mol. The molecule has 0 bridgehead atoms. The fourth-order valence-corrected chi connectivity index (χ4v) is 2.73. The van der Waals surface area contributed by atoms with E-state index in [1.54, 1.807) is 18.2 Å². The molecule has 6 nitrogen and oxygen atoms in total. The third-order valence-electron chi connectivity index (χ3n) is 3.06. The maximum absolute atomic E-state index is 11.0. The Morgan fingerprint density at radius 2 is 2.05 bits per heavy atom. The minimum absolute atomic E-state index is 0.0616. The minimum atomic E-state index is -0.903. The van der Waals surface area contributed by atoms with Crippen molar-refractivity contribution in [3.8, 4) is 11.4 Å². The number of carbonyl (C=O) groups is 1. The highest BCUT2D eigenvalue weighted by molar-refractivity contribution is 6.38. The molecule has 0 spiro atoms. The molecule has 2 aromatic rings. The lowest BCUT2D eigenvalue weighted by Crippen LogP contribution is -2.16. The lowest BCUT2D eigenvalue weighted by molar-refractivity contribution is -0.138. The van der Waals surface area contributed by atoms with E-state index in [0.29, 0.717) is 27.9 Å². The first-order chi connectivity index (χ1) is 10.0. The molecule has 0 aliphatic rings. The Bertz CT molecular complexity index is 625. The smallest absolute Gasteiger partial charge is 0.305 e. The molecule has 1 atom stereocenters. The van der Waals surface area contributed by atoms with E-state index in [1.165, 1.54) is 4.68 Å². The van der Waals surface area contributed by atoms with E-state index in [-0.39, 0.29) is 12.5 Å². The van der Waals surface area contributed by atoms with Gasteiger partial charge in [-0.25, -0.2) is 4.68 Å². The van der Waals surface area contributed by atoms with Gasteiger partial charge in [-0.05, 0) is 29.0 Å². The summed E-state index contributed by atoms with van der Waals surface area (Å²) in [6.07, 6.45) is 1.40. The molecule has 8 heteroatoms. The van der Waals surface area contributed by atoms with Gasteiger partial charge in [0, 0.05) is 0 Å². The van der Waals surface area contributed by atoms with Gasteiger partial charge in [0.15, 0.2) is 5.82 Å². The summed E-state index contributed by atoms with van der Waals surface area (Å²) < 4.78 is 1.49. The molecule has 2 rings (SSSR count). The summed E-state index contributed by atoms with van der Waals surface area (Å²) in [6, 6.07) is 4.76. The second-order valence-electron chi connectivity index (χ2n) is 4.58. The molecule has 0 fully saturated rings. The van der Waals surface area contributed by atoms with Gasteiger partial charge in [-0.3, -0.25) is 4.79 Å². The van der Waals surface area contributed by atoms with Crippen LogP contribution in [0.5, 0.6) is 0 Å². The van der Waals surface area contributed by atoms with Gasteiger partial charge >= 0.3 is 5.97 Å². The van der Waals surface area contributed by atoms with Crippen LogP contribution in [0.4, 0.5) is 0 Å². The van der Waals surface area contributed by atoms with Crippen molar-refractivity contribution in [1.82, 2.24) is 20.2 Å². The number of halogens is 2. The van der Waals surface area contributed by atoms with E-state index >= 15 is 0 Å². The van der Waals surface area contributed by atoms with Crippen molar-refractivity contribution in [2.24, 2.45) is 0 Å². The number of benzene rings is 1. The molecule has 1 N–H and O–H groups in total. The third kappa shape index (κ3) is 3.51. The van der Waals surface area contributed by atoms with Gasteiger partial charge in [0.05, 0.1) is 28.1 Å². The SMILES string of the molecule is CCCC(CC(=O)O)n1nnnc1-c1c(Cl)cccc1Cl. The standard InChI is InChI=1S/C13H14Cl2N4O2/c1-2-4-8(7-11(20)21)19-13(16-17-18-19)12-9(14)5-3-6-10(12)15/h3,5-6,8H,2,4,7H2,1H3,(H,20,21). The molecule has 0 radical (unpaired) electrons. The van der Waals surface area contributed by atoms with E-state index in [0.717, 1.165) is 6.42 Å². The monoisotopic (exact) mass is 328 g/mol. The highest BCUT2D eigenvalue weighted by atomic mass is 35.5. The van der Waals surface area contributed by atoms with Gasteiger partial charge < -0.3 is 5.11 Å².